The summed E-state index contributed by atoms with van der Waals surface area (Å²) in [7, 11) is 0. The van der Waals surface area contributed by atoms with Crippen molar-refractivity contribution < 1.29 is 46.5 Å². The summed E-state index contributed by atoms with van der Waals surface area (Å²) in [6.07, 6.45) is -0.693. The first-order valence-corrected chi connectivity index (χ1v) is 18.5. The molecule has 0 N–H and O–H groups in total. The van der Waals surface area contributed by atoms with Gasteiger partial charge in [-0.2, -0.15) is 0 Å². The molecule has 1 radical (unpaired) electrons. The molecule has 4 aromatic carbocycles. The molecule has 0 atom stereocenters. The van der Waals surface area contributed by atoms with E-state index in [4.69, 9.17) is 26.3 Å². The fourth-order valence-electron chi connectivity index (χ4n) is 6.47. The molecule has 0 unspecified atom stereocenters. The van der Waals surface area contributed by atoms with Crippen molar-refractivity contribution in [2.45, 2.75) is 81.7 Å². The first kappa shape index (κ1) is 26.0. The number of hydrogen-bond acceptors (Lipinski definition) is 4. The second kappa shape index (κ2) is 17.3. The van der Waals surface area contributed by atoms with Crippen molar-refractivity contribution in [3.63, 3.8) is 0 Å². The molecule has 0 saturated carbocycles. The summed E-state index contributed by atoms with van der Waals surface area (Å²) in [6, 6.07) is 34.3. The molecule has 0 bridgehead atoms. The van der Waals surface area contributed by atoms with Gasteiger partial charge in [-0.25, -0.2) is 4.98 Å². The number of aromatic nitrogens is 3. The molecule has 0 fully saturated rings. The molecule has 8 rings (SSSR count). The van der Waals surface area contributed by atoms with E-state index in [1.807, 2.05) is 51.1 Å². The number of nitrogens with zero attached hydrogens (tertiary/aromatic N) is 3. The summed E-state index contributed by atoms with van der Waals surface area (Å²) in [6.45, 7) is 0.663. The molecule has 0 saturated heterocycles. The zero-order chi connectivity index (χ0) is 54.1. The van der Waals surface area contributed by atoms with Gasteiger partial charge in [0.2, 0.25) is 5.71 Å². The van der Waals surface area contributed by atoms with Gasteiger partial charge < -0.3 is 14.4 Å². The molecule has 4 nitrogen and oxygen atoms in total. The summed E-state index contributed by atoms with van der Waals surface area (Å²) >= 11 is 0. The van der Waals surface area contributed by atoms with Crippen LogP contribution in [-0.4, -0.2) is 15.0 Å². The van der Waals surface area contributed by atoms with E-state index in [2.05, 4.69) is 27.1 Å². The fourth-order valence-corrected chi connectivity index (χ4v) is 6.47. The van der Waals surface area contributed by atoms with Crippen LogP contribution in [0.1, 0.15) is 97.0 Å². The van der Waals surface area contributed by atoms with E-state index >= 15 is 0 Å². The van der Waals surface area contributed by atoms with Crippen LogP contribution in [0.3, 0.4) is 0 Å². The molecule has 5 heteroatoms. The van der Waals surface area contributed by atoms with Crippen molar-refractivity contribution >= 4 is 22.1 Å². The maximum Gasteiger partial charge on any atom is 0.216 e. The summed E-state index contributed by atoms with van der Waals surface area (Å²) in [5.74, 6) is 0. The summed E-state index contributed by atoms with van der Waals surface area (Å²) in [5, 5.41) is 1.18. The summed E-state index contributed by atoms with van der Waals surface area (Å²) in [5.41, 5.74) is 2.87. The van der Waals surface area contributed by atoms with E-state index < -0.39 is 51.0 Å². The second-order valence-electron chi connectivity index (χ2n) is 15.8. The zero-order valence-corrected chi connectivity index (χ0v) is 35.4. The predicted molar refractivity (Wildman–Crippen MR) is 238 cm³/mol. The van der Waals surface area contributed by atoms with Gasteiger partial charge in [0.15, 0.2) is 0 Å². The standard InChI is InChI=1S/C30H29N2O.C23H24N.Ir/c1-18-14-21(16-30(4,5)6)11-13-22(18)26-15-27(31-17-19(26)2)25-9-7-8-23-24-12-10-20(3)32-29(24)33-28(23)25;1-17-10-12-20(14-21(17)19-8-6-5-7-9-19)22-13-11-18(16-24-22)15-23(2,3)4;/h7-8,10-15,17H,16H2,1-6H3;5-11,13-14,16H,15H2,1-4H3;/q2*-1;/i1D3,2D3,3D3,16D2;1D3,15D2;. The normalized spacial score (nSPS) is 17.1. The Bertz CT molecular complexity index is 3310. The van der Waals surface area contributed by atoms with Crippen LogP contribution in [0.25, 0.3) is 66.8 Å². The van der Waals surface area contributed by atoms with Crippen molar-refractivity contribution in [1.29, 1.82) is 0 Å². The van der Waals surface area contributed by atoms with Gasteiger partial charge in [-0.15, -0.1) is 47.5 Å². The molecule has 58 heavy (non-hydrogen) atoms. The van der Waals surface area contributed by atoms with E-state index in [0.717, 1.165) is 5.56 Å². The Kier molecular flexibility index (Phi) is 7.77. The molecule has 0 aliphatic rings. The van der Waals surface area contributed by atoms with Crippen molar-refractivity contribution in [3.05, 3.63) is 161 Å². The van der Waals surface area contributed by atoms with E-state index in [-0.39, 0.29) is 70.6 Å². The van der Waals surface area contributed by atoms with Crippen LogP contribution < -0.4 is 0 Å². The number of pyridine rings is 3. The van der Waals surface area contributed by atoms with Crippen LogP contribution >= 0.6 is 0 Å². The van der Waals surface area contributed by atoms with Gasteiger partial charge in [-0.05, 0) is 107 Å². The topological polar surface area (TPSA) is 51.8 Å². The first-order valence-electron chi connectivity index (χ1n) is 26.5. The van der Waals surface area contributed by atoms with Crippen LogP contribution in [0.4, 0.5) is 0 Å². The van der Waals surface area contributed by atoms with Gasteiger partial charge in [0.05, 0.1) is 5.58 Å². The Morgan fingerprint density at radius 1 is 0.638 bits per heavy atom. The van der Waals surface area contributed by atoms with Gasteiger partial charge in [0, 0.05) is 65.5 Å². The van der Waals surface area contributed by atoms with E-state index in [1.54, 1.807) is 63.4 Å². The SMILES string of the molecule is [2H]C([2H])([2H])c1c[c-]c(-c2ccc(C([2H])([2H])C(C)(C)C)cn2)cc1-c1ccccc1.[2H]C([2H])([2H])c1ccc2c(n1)oc1c(-c3cc(-c4ccc(C([2H])([2H])C(C)(C)C)cc4C([2H])([2H])[2H])c(C([2H])([2H])[2H])cn3)[c-]ccc12.[Ir]. The minimum Gasteiger partial charge on any atom is -0.486 e. The minimum atomic E-state index is -2.70. The van der Waals surface area contributed by atoms with Crippen LogP contribution in [0, 0.1) is 50.4 Å². The Labute approximate surface area is 381 Å². The molecule has 8 aromatic rings. The Balaban J connectivity index is 0.000000258. The Morgan fingerprint density at radius 2 is 1.38 bits per heavy atom. The van der Waals surface area contributed by atoms with E-state index in [1.165, 1.54) is 42.6 Å². The predicted octanol–water partition coefficient (Wildman–Crippen LogP) is 14.1. The fraction of sp³-hybridized carbons (Fsp3) is 0.264. The summed E-state index contributed by atoms with van der Waals surface area (Å²) < 4.78 is 136. The van der Waals surface area contributed by atoms with Gasteiger partial charge in [0.25, 0.3) is 0 Å². The van der Waals surface area contributed by atoms with Crippen LogP contribution in [-0.2, 0) is 32.9 Å². The number of benzene rings is 4. The van der Waals surface area contributed by atoms with Crippen molar-refractivity contribution in [3.8, 4) is 44.8 Å². The molecule has 297 valence electrons. The molecule has 4 aromatic heterocycles. The number of rotatable bonds is 6. The molecular formula is C53H53IrN3O-2. The second-order valence-corrected chi connectivity index (χ2v) is 15.8. The zero-order valence-electron chi connectivity index (χ0n) is 49.1. The molecule has 0 amide bonds. The summed E-state index contributed by atoms with van der Waals surface area (Å²) in [4.78, 5) is 13.0. The maximum absolute atomic E-state index is 8.69. The van der Waals surface area contributed by atoms with Crippen LogP contribution in [0.15, 0.2) is 120 Å². The third-order valence-electron chi connectivity index (χ3n) is 8.88. The van der Waals surface area contributed by atoms with Gasteiger partial charge in [-0.1, -0.05) is 132 Å². The average Bonchev–Trinajstić information content (AvgIpc) is 3.68. The third kappa shape index (κ3) is 9.89. The third-order valence-corrected chi connectivity index (χ3v) is 8.88. The van der Waals surface area contributed by atoms with E-state index in [0.29, 0.717) is 44.3 Å². The molecule has 0 spiro atoms. The van der Waals surface area contributed by atoms with Crippen LogP contribution in [0.5, 0.6) is 0 Å². The molecule has 0 aliphatic heterocycles. The first-order chi connectivity index (χ1) is 33.5. The van der Waals surface area contributed by atoms with Crippen molar-refractivity contribution in [2.24, 2.45) is 10.8 Å². The largest absolute Gasteiger partial charge is 0.486 e. The van der Waals surface area contributed by atoms with Crippen molar-refractivity contribution in [1.82, 2.24) is 15.0 Å². The molecule has 0 aliphatic carbocycles. The monoisotopic (exact) mass is 956 g/mol. The van der Waals surface area contributed by atoms with Crippen LogP contribution in [0.2, 0.25) is 0 Å². The van der Waals surface area contributed by atoms with Gasteiger partial charge in [-0.3, -0.25) is 0 Å². The Hall–Kier alpha value is -5.22. The van der Waals surface area contributed by atoms with Gasteiger partial charge >= 0.3 is 0 Å². The molecule has 4 heterocycles. The maximum atomic E-state index is 8.69. The molecular weight excluding hydrogens is 887 g/mol. The van der Waals surface area contributed by atoms with Crippen molar-refractivity contribution in [2.75, 3.05) is 0 Å². The quantitative estimate of drug-likeness (QED) is 0.156. The van der Waals surface area contributed by atoms with E-state index in [9.17, 15) is 0 Å². The average molecular weight is 956 g/mol. The Morgan fingerprint density at radius 3 is 2.09 bits per heavy atom. The number of hydrogen-bond donors (Lipinski definition) is 0. The number of aryl methyl sites for hydroxylation is 4. The number of furan rings is 1. The minimum absolute atomic E-state index is 0. The van der Waals surface area contributed by atoms with Gasteiger partial charge in [0.1, 0.15) is 0 Å². The smallest absolute Gasteiger partial charge is 0.216 e. The number of fused-ring (bicyclic) bond motifs is 3.